The first-order valence-electron chi connectivity index (χ1n) is 9.38. The van der Waals surface area contributed by atoms with Gasteiger partial charge in [0, 0.05) is 25.0 Å². The molecule has 2 saturated heterocycles. The third-order valence-corrected chi connectivity index (χ3v) is 5.46. The number of piperidine rings is 1. The topological polar surface area (TPSA) is 62.7 Å². The van der Waals surface area contributed by atoms with Crippen molar-refractivity contribution in [3.63, 3.8) is 0 Å². The van der Waals surface area contributed by atoms with E-state index in [1.54, 1.807) is 34.2 Å². The van der Waals surface area contributed by atoms with Gasteiger partial charge >= 0.3 is 0 Å². The molecule has 2 fully saturated rings. The number of aromatic nitrogens is 1. The zero-order valence-electron chi connectivity index (χ0n) is 15.7. The highest BCUT2D eigenvalue weighted by molar-refractivity contribution is 5.95. The maximum Gasteiger partial charge on any atom is 0.272 e. The Bertz CT molecular complexity index is 892. The molecule has 1 aromatic carbocycles. The van der Waals surface area contributed by atoms with Crippen molar-refractivity contribution in [1.82, 2.24) is 9.88 Å². The molecule has 1 aromatic heterocycles. The molecule has 2 aromatic rings. The summed E-state index contributed by atoms with van der Waals surface area (Å²) in [6.45, 7) is 3.31. The number of pyridine rings is 1. The number of likely N-dealkylation sites (tertiary alicyclic amines) is 1. The number of ether oxygens (including phenoxy) is 1. The molecular weight excluding hydrogens is 361 g/mol. The Morgan fingerprint density at radius 3 is 2.68 bits per heavy atom. The fourth-order valence-electron chi connectivity index (χ4n) is 3.77. The molecule has 0 saturated carbocycles. The van der Waals surface area contributed by atoms with Crippen LogP contribution in [0.3, 0.4) is 0 Å². The summed E-state index contributed by atoms with van der Waals surface area (Å²) < 4.78 is 19.5. The number of halogens is 1. The molecule has 0 aliphatic carbocycles. The monoisotopic (exact) mass is 383 g/mol. The second-order valence-electron chi connectivity index (χ2n) is 7.44. The van der Waals surface area contributed by atoms with Crippen LogP contribution in [-0.2, 0) is 9.53 Å². The molecule has 6 nitrogen and oxygen atoms in total. The number of amides is 2. The summed E-state index contributed by atoms with van der Waals surface area (Å²) >= 11 is 0. The van der Waals surface area contributed by atoms with Crippen molar-refractivity contribution >= 4 is 17.5 Å². The molecule has 28 heavy (non-hydrogen) atoms. The number of carbonyl (C=O) groups is 2. The molecule has 1 spiro atoms. The fourth-order valence-corrected chi connectivity index (χ4v) is 3.77. The van der Waals surface area contributed by atoms with Crippen LogP contribution >= 0.6 is 0 Å². The smallest absolute Gasteiger partial charge is 0.272 e. The molecule has 4 rings (SSSR count). The number of nitrogens with zero attached hydrogens (tertiary/aromatic N) is 3. The minimum atomic E-state index is -0.516. The Labute approximate surface area is 162 Å². The van der Waals surface area contributed by atoms with Gasteiger partial charge in [0.1, 0.15) is 18.1 Å². The molecule has 146 valence electrons. The Hall–Kier alpha value is -2.80. The van der Waals surface area contributed by atoms with Gasteiger partial charge in [-0.25, -0.2) is 4.39 Å². The van der Waals surface area contributed by atoms with Crippen LogP contribution in [0.5, 0.6) is 0 Å². The molecule has 2 aliphatic heterocycles. The Kier molecular flexibility index (Phi) is 4.85. The van der Waals surface area contributed by atoms with Crippen LogP contribution in [0, 0.1) is 12.7 Å². The summed E-state index contributed by atoms with van der Waals surface area (Å²) in [4.78, 5) is 32.6. The van der Waals surface area contributed by atoms with Gasteiger partial charge < -0.3 is 14.5 Å². The van der Waals surface area contributed by atoms with E-state index in [0.29, 0.717) is 43.9 Å². The van der Waals surface area contributed by atoms with Crippen molar-refractivity contribution in [1.29, 1.82) is 0 Å². The molecule has 0 atom stereocenters. The first-order chi connectivity index (χ1) is 13.5. The van der Waals surface area contributed by atoms with Crippen LogP contribution < -0.4 is 4.90 Å². The molecule has 0 bridgehead atoms. The summed E-state index contributed by atoms with van der Waals surface area (Å²) in [5.74, 6) is -0.654. The summed E-state index contributed by atoms with van der Waals surface area (Å²) in [5, 5.41) is 0. The highest BCUT2D eigenvalue weighted by Gasteiger charge is 2.43. The van der Waals surface area contributed by atoms with Crippen molar-refractivity contribution in [2.45, 2.75) is 25.4 Å². The van der Waals surface area contributed by atoms with Gasteiger partial charge in [0.2, 0.25) is 0 Å². The maximum atomic E-state index is 13.6. The third-order valence-electron chi connectivity index (χ3n) is 5.46. The highest BCUT2D eigenvalue weighted by atomic mass is 19.1. The largest absolute Gasteiger partial charge is 0.363 e. The van der Waals surface area contributed by atoms with Gasteiger partial charge in [0.05, 0.1) is 12.1 Å². The standard InChI is InChI=1S/C21H22FN3O3/c1-15-5-6-18(23-12-15)20(27)24-9-7-21(8-10-24)14-25(19(26)13-28-21)17-4-2-3-16(22)11-17/h2-6,11-12H,7-10,13-14H2,1H3. The molecular formula is C21H22FN3O3. The SMILES string of the molecule is Cc1ccc(C(=O)N2CCC3(CC2)CN(c2cccc(F)c2)C(=O)CO3)nc1. The number of anilines is 1. The normalized spacial score (nSPS) is 19.1. The van der Waals surface area contributed by atoms with E-state index in [0.717, 1.165) is 5.56 Å². The number of benzene rings is 1. The van der Waals surface area contributed by atoms with Crippen molar-refractivity contribution in [2.24, 2.45) is 0 Å². The quantitative estimate of drug-likeness (QED) is 0.800. The molecule has 3 heterocycles. The van der Waals surface area contributed by atoms with E-state index in [4.69, 9.17) is 4.74 Å². The number of rotatable bonds is 2. The van der Waals surface area contributed by atoms with E-state index in [-0.39, 0.29) is 24.2 Å². The van der Waals surface area contributed by atoms with E-state index < -0.39 is 5.60 Å². The zero-order valence-corrected chi connectivity index (χ0v) is 15.7. The minimum Gasteiger partial charge on any atom is -0.363 e. The average Bonchev–Trinajstić information content (AvgIpc) is 2.71. The zero-order chi connectivity index (χ0) is 19.7. The van der Waals surface area contributed by atoms with Crippen molar-refractivity contribution in [2.75, 3.05) is 31.1 Å². The summed E-state index contributed by atoms with van der Waals surface area (Å²) in [5.41, 5.74) is 1.46. The van der Waals surface area contributed by atoms with Gasteiger partial charge in [-0.1, -0.05) is 12.1 Å². The Balaban J connectivity index is 1.45. The predicted molar refractivity (Wildman–Crippen MR) is 102 cm³/mol. The third kappa shape index (κ3) is 3.62. The van der Waals surface area contributed by atoms with Gasteiger partial charge in [-0.05, 0) is 49.6 Å². The first kappa shape index (κ1) is 18.6. The van der Waals surface area contributed by atoms with Crippen LogP contribution in [0.15, 0.2) is 42.6 Å². The average molecular weight is 383 g/mol. The van der Waals surface area contributed by atoms with E-state index in [9.17, 15) is 14.0 Å². The van der Waals surface area contributed by atoms with Crippen molar-refractivity contribution in [3.8, 4) is 0 Å². The molecule has 2 aliphatic rings. The minimum absolute atomic E-state index is 0.0377. The Morgan fingerprint density at radius 1 is 1.21 bits per heavy atom. The number of morpholine rings is 1. The lowest BCUT2D eigenvalue weighted by atomic mass is 9.89. The van der Waals surface area contributed by atoms with Crippen LogP contribution in [0.4, 0.5) is 10.1 Å². The second-order valence-corrected chi connectivity index (χ2v) is 7.44. The van der Waals surface area contributed by atoms with Gasteiger partial charge in [-0.15, -0.1) is 0 Å². The van der Waals surface area contributed by atoms with Crippen LogP contribution in [-0.4, -0.2) is 53.5 Å². The lowest BCUT2D eigenvalue weighted by Crippen LogP contribution is -2.59. The van der Waals surface area contributed by atoms with E-state index in [1.165, 1.54) is 12.1 Å². The fraction of sp³-hybridized carbons (Fsp3) is 0.381. The van der Waals surface area contributed by atoms with E-state index in [1.807, 2.05) is 13.0 Å². The number of carbonyl (C=O) groups excluding carboxylic acids is 2. The van der Waals surface area contributed by atoms with Gasteiger partial charge in [-0.2, -0.15) is 0 Å². The number of hydrogen-bond donors (Lipinski definition) is 0. The van der Waals surface area contributed by atoms with Gasteiger partial charge in [-0.3, -0.25) is 14.6 Å². The highest BCUT2D eigenvalue weighted by Crippen LogP contribution is 2.33. The van der Waals surface area contributed by atoms with Crippen molar-refractivity contribution in [3.05, 3.63) is 59.7 Å². The Morgan fingerprint density at radius 2 is 2.00 bits per heavy atom. The molecule has 0 N–H and O–H groups in total. The van der Waals surface area contributed by atoms with E-state index in [2.05, 4.69) is 4.98 Å². The van der Waals surface area contributed by atoms with Crippen molar-refractivity contribution < 1.29 is 18.7 Å². The summed E-state index contributed by atoms with van der Waals surface area (Å²) in [7, 11) is 0. The predicted octanol–water partition coefficient (Wildman–Crippen LogP) is 2.57. The number of hydrogen-bond acceptors (Lipinski definition) is 4. The van der Waals surface area contributed by atoms with Crippen LogP contribution in [0.1, 0.15) is 28.9 Å². The summed E-state index contributed by atoms with van der Waals surface area (Å²) in [6, 6.07) is 9.64. The van der Waals surface area contributed by atoms with Gasteiger partial charge in [0.25, 0.3) is 11.8 Å². The molecule has 2 amide bonds. The second kappa shape index (κ2) is 7.31. The summed E-state index contributed by atoms with van der Waals surface area (Å²) in [6.07, 6.45) is 2.92. The van der Waals surface area contributed by atoms with Gasteiger partial charge in [0.15, 0.2) is 0 Å². The maximum absolute atomic E-state index is 13.6. The lowest BCUT2D eigenvalue weighted by molar-refractivity contribution is -0.143. The molecule has 0 radical (unpaired) electrons. The first-order valence-corrected chi connectivity index (χ1v) is 9.38. The van der Waals surface area contributed by atoms with Crippen LogP contribution in [0.2, 0.25) is 0 Å². The lowest BCUT2D eigenvalue weighted by Gasteiger charge is -2.46. The van der Waals surface area contributed by atoms with Crippen LogP contribution in [0.25, 0.3) is 0 Å². The number of aryl methyl sites for hydroxylation is 1. The molecule has 7 heteroatoms. The molecule has 0 unspecified atom stereocenters. The van der Waals surface area contributed by atoms with E-state index >= 15 is 0 Å².